The standard InChI is InChI=1S/C23H29BrN4S/c24-20(16-18-10-4-1-5-11-18)17-25-28-22(19-12-6-2-7-13-19)26-27-23(28)29-21-14-8-3-9-15-21/h1,4-5,10-11,16-17,19,21H,2-3,6-9,12-15H2/b20-16-,25-17-. The van der Waals surface area contributed by atoms with Crippen LogP contribution < -0.4 is 0 Å². The van der Waals surface area contributed by atoms with Crippen LogP contribution in [0.2, 0.25) is 0 Å². The summed E-state index contributed by atoms with van der Waals surface area (Å²) < 4.78 is 2.97. The predicted molar refractivity (Wildman–Crippen MR) is 126 cm³/mol. The molecular formula is C23H29BrN4S. The van der Waals surface area contributed by atoms with Crippen molar-refractivity contribution in [3.05, 3.63) is 46.2 Å². The van der Waals surface area contributed by atoms with E-state index in [1.54, 1.807) is 0 Å². The van der Waals surface area contributed by atoms with Crippen LogP contribution in [0.5, 0.6) is 0 Å². The van der Waals surface area contributed by atoms with Crippen molar-refractivity contribution in [2.75, 3.05) is 0 Å². The molecule has 1 aromatic carbocycles. The van der Waals surface area contributed by atoms with Gasteiger partial charge in [0.05, 0.1) is 6.21 Å². The number of benzene rings is 1. The fraction of sp³-hybridized carbons (Fsp3) is 0.522. The molecule has 0 amide bonds. The van der Waals surface area contributed by atoms with Crippen molar-refractivity contribution in [2.45, 2.75) is 80.5 Å². The van der Waals surface area contributed by atoms with Gasteiger partial charge in [-0.15, -0.1) is 10.2 Å². The molecule has 1 aromatic heterocycles. The summed E-state index contributed by atoms with van der Waals surface area (Å²) >= 11 is 5.53. The zero-order valence-corrected chi connectivity index (χ0v) is 19.2. The molecule has 154 valence electrons. The van der Waals surface area contributed by atoms with E-state index in [1.807, 2.05) is 40.9 Å². The van der Waals surface area contributed by atoms with Gasteiger partial charge < -0.3 is 0 Å². The zero-order chi connectivity index (χ0) is 19.9. The number of hydrogen-bond acceptors (Lipinski definition) is 4. The van der Waals surface area contributed by atoms with Crippen LogP contribution in [0.15, 0.2) is 45.1 Å². The Kier molecular flexibility index (Phi) is 7.61. The van der Waals surface area contributed by atoms with Crippen molar-refractivity contribution in [2.24, 2.45) is 5.10 Å². The zero-order valence-electron chi connectivity index (χ0n) is 16.8. The van der Waals surface area contributed by atoms with E-state index >= 15 is 0 Å². The Labute approximate surface area is 186 Å². The second kappa shape index (κ2) is 10.6. The molecule has 4 rings (SSSR count). The summed E-state index contributed by atoms with van der Waals surface area (Å²) in [5.74, 6) is 1.52. The number of nitrogens with zero attached hydrogens (tertiary/aromatic N) is 4. The minimum atomic E-state index is 0.478. The first kappa shape index (κ1) is 20.9. The highest BCUT2D eigenvalue weighted by Crippen LogP contribution is 2.36. The second-order valence-corrected chi connectivity index (χ2v) is 10.2. The molecule has 0 unspecified atom stereocenters. The van der Waals surface area contributed by atoms with Gasteiger partial charge in [-0.3, -0.25) is 0 Å². The van der Waals surface area contributed by atoms with Crippen molar-refractivity contribution in [3.8, 4) is 0 Å². The highest BCUT2D eigenvalue weighted by atomic mass is 79.9. The Hall–Kier alpha value is -1.40. The molecule has 2 saturated carbocycles. The van der Waals surface area contributed by atoms with Crippen LogP contribution in [0.3, 0.4) is 0 Å². The molecule has 0 spiro atoms. The molecular weight excluding hydrogens is 444 g/mol. The Morgan fingerprint density at radius 2 is 1.66 bits per heavy atom. The van der Waals surface area contributed by atoms with Gasteiger partial charge in [-0.2, -0.15) is 9.78 Å². The summed E-state index contributed by atoms with van der Waals surface area (Å²) in [4.78, 5) is 0. The maximum absolute atomic E-state index is 4.83. The molecule has 0 atom stereocenters. The average molecular weight is 473 g/mol. The first-order valence-corrected chi connectivity index (χ1v) is 12.6. The molecule has 0 bridgehead atoms. The Balaban J connectivity index is 1.57. The summed E-state index contributed by atoms with van der Waals surface area (Å²) in [7, 11) is 0. The normalized spacial score (nSPS) is 19.8. The molecule has 1 heterocycles. The van der Waals surface area contributed by atoms with E-state index in [9.17, 15) is 0 Å². The molecule has 0 N–H and O–H groups in total. The molecule has 29 heavy (non-hydrogen) atoms. The molecule has 0 aliphatic heterocycles. The van der Waals surface area contributed by atoms with Crippen LogP contribution in [0.4, 0.5) is 0 Å². The van der Waals surface area contributed by atoms with E-state index in [-0.39, 0.29) is 0 Å². The molecule has 2 aliphatic carbocycles. The number of hydrogen-bond donors (Lipinski definition) is 0. The third kappa shape index (κ3) is 5.82. The largest absolute Gasteiger partial charge is 0.212 e. The lowest BCUT2D eigenvalue weighted by atomic mass is 9.89. The molecule has 2 aliphatic rings. The van der Waals surface area contributed by atoms with E-state index in [2.05, 4.69) is 44.3 Å². The van der Waals surface area contributed by atoms with Crippen LogP contribution in [-0.4, -0.2) is 26.3 Å². The number of aromatic nitrogens is 3. The lowest BCUT2D eigenvalue weighted by Gasteiger charge is -2.22. The summed E-state index contributed by atoms with van der Waals surface area (Å²) in [5, 5.41) is 15.6. The van der Waals surface area contributed by atoms with Gasteiger partial charge in [0.2, 0.25) is 5.16 Å². The highest BCUT2D eigenvalue weighted by Gasteiger charge is 2.25. The minimum absolute atomic E-state index is 0.478. The third-order valence-electron chi connectivity index (χ3n) is 5.83. The minimum Gasteiger partial charge on any atom is -0.191 e. The molecule has 2 fully saturated rings. The van der Waals surface area contributed by atoms with E-state index < -0.39 is 0 Å². The van der Waals surface area contributed by atoms with Gasteiger partial charge in [-0.05, 0) is 53.3 Å². The van der Waals surface area contributed by atoms with Crippen LogP contribution in [0.25, 0.3) is 6.08 Å². The first-order valence-electron chi connectivity index (χ1n) is 10.9. The predicted octanol–water partition coefficient (Wildman–Crippen LogP) is 7.02. The molecule has 2 aromatic rings. The van der Waals surface area contributed by atoms with Gasteiger partial charge >= 0.3 is 0 Å². The summed E-state index contributed by atoms with van der Waals surface area (Å²) in [6.45, 7) is 0. The maximum Gasteiger partial charge on any atom is 0.212 e. The van der Waals surface area contributed by atoms with E-state index in [0.717, 1.165) is 21.0 Å². The van der Waals surface area contributed by atoms with Gasteiger partial charge in [0.25, 0.3) is 0 Å². The summed E-state index contributed by atoms with van der Waals surface area (Å²) in [6, 6.07) is 10.3. The Morgan fingerprint density at radius 1 is 0.966 bits per heavy atom. The monoisotopic (exact) mass is 472 g/mol. The first-order chi connectivity index (χ1) is 14.3. The fourth-order valence-corrected chi connectivity index (χ4v) is 5.82. The third-order valence-corrected chi connectivity index (χ3v) is 7.54. The van der Waals surface area contributed by atoms with Crippen molar-refractivity contribution in [1.82, 2.24) is 14.9 Å². The number of rotatable bonds is 6. The van der Waals surface area contributed by atoms with E-state index in [4.69, 9.17) is 5.10 Å². The smallest absolute Gasteiger partial charge is 0.191 e. The summed E-state index contributed by atoms with van der Waals surface area (Å²) in [5.41, 5.74) is 1.15. The molecule has 0 radical (unpaired) electrons. The maximum atomic E-state index is 4.83. The van der Waals surface area contributed by atoms with Crippen LogP contribution in [0, 0.1) is 0 Å². The molecule has 4 nitrogen and oxygen atoms in total. The van der Waals surface area contributed by atoms with Gasteiger partial charge in [0, 0.05) is 15.7 Å². The van der Waals surface area contributed by atoms with Crippen LogP contribution >= 0.6 is 27.7 Å². The molecule has 6 heteroatoms. The van der Waals surface area contributed by atoms with Crippen LogP contribution in [-0.2, 0) is 0 Å². The lowest BCUT2D eigenvalue weighted by Crippen LogP contribution is -2.12. The van der Waals surface area contributed by atoms with Crippen molar-refractivity contribution >= 4 is 40.0 Å². The number of allylic oxidation sites excluding steroid dienone is 1. The van der Waals surface area contributed by atoms with E-state index in [1.165, 1.54) is 64.2 Å². The highest BCUT2D eigenvalue weighted by molar-refractivity contribution is 9.12. The second-order valence-electron chi connectivity index (χ2n) is 8.05. The Morgan fingerprint density at radius 3 is 2.38 bits per heavy atom. The van der Waals surface area contributed by atoms with E-state index in [0.29, 0.717) is 11.2 Å². The number of halogens is 1. The van der Waals surface area contributed by atoms with Crippen molar-refractivity contribution in [3.63, 3.8) is 0 Å². The summed E-state index contributed by atoms with van der Waals surface area (Å²) in [6.07, 6.45) is 16.8. The number of thioether (sulfide) groups is 1. The van der Waals surface area contributed by atoms with Gasteiger partial charge in [0.15, 0.2) is 5.82 Å². The topological polar surface area (TPSA) is 43.1 Å². The van der Waals surface area contributed by atoms with Crippen molar-refractivity contribution < 1.29 is 0 Å². The van der Waals surface area contributed by atoms with Gasteiger partial charge in [-0.1, -0.05) is 80.6 Å². The quantitative estimate of drug-likeness (QED) is 0.424. The van der Waals surface area contributed by atoms with Crippen LogP contribution in [0.1, 0.15) is 81.5 Å². The van der Waals surface area contributed by atoms with Gasteiger partial charge in [0.1, 0.15) is 0 Å². The Bertz CT molecular complexity index is 834. The van der Waals surface area contributed by atoms with Crippen molar-refractivity contribution in [1.29, 1.82) is 0 Å². The SMILES string of the molecule is BrC(/C=N\n1c(SC2CCCCC2)nnc1C1CCCCC1)=C\c1ccccc1. The lowest BCUT2D eigenvalue weighted by molar-refractivity contribution is 0.417. The average Bonchev–Trinajstić information content (AvgIpc) is 3.16. The van der Waals surface area contributed by atoms with Gasteiger partial charge in [-0.25, -0.2) is 0 Å². The molecule has 0 saturated heterocycles. The fourth-order valence-electron chi connectivity index (χ4n) is 4.26.